The van der Waals surface area contributed by atoms with Crippen molar-refractivity contribution in [2.24, 2.45) is 0 Å². The van der Waals surface area contributed by atoms with Gasteiger partial charge in [-0.3, -0.25) is 4.90 Å². The standard InChI is InChI=1S/C23H25NO3/c1-26-22(17-19-11-5-2-6-12-19)21-15-9-4-10-16-24(21)23(25)27-18-20-13-7-3-8-14-20/h2-3,5-8,11-15,17H,4,9-10,16,18H2,1H3/b22-17+. The predicted octanol–water partition coefficient (Wildman–Crippen LogP) is 5.38. The number of rotatable bonds is 5. The monoisotopic (exact) mass is 363 g/mol. The Labute approximate surface area is 160 Å². The summed E-state index contributed by atoms with van der Waals surface area (Å²) >= 11 is 0. The molecule has 0 unspecified atom stereocenters. The van der Waals surface area contributed by atoms with E-state index < -0.39 is 0 Å². The van der Waals surface area contributed by atoms with Crippen molar-refractivity contribution in [3.05, 3.63) is 89.3 Å². The third-order valence-corrected chi connectivity index (χ3v) is 4.46. The number of nitrogens with zero attached hydrogens (tertiary/aromatic N) is 1. The molecule has 1 amide bonds. The zero-order valence-corrected chi connectivity index (χ0v) is 15.6. The topological polar surface area (TPSA) is 38.8 Å². The number of benzene rings is 2. The minimum Gasteiger partial charge on any atom is -0.495 e. The summed E-state index contributed by atoms with van der Waals surface area (Å²) in [6.07, 6.45) is 6.55. The lowest BCUT2D eigenvalue weighted by atomic mass is 10.1. The second kappa shape index (κ2) is 9.62. The van der Waals surface area contributed by atoms with E-state index in [1.807, 2.05) is 66.7 Å². The Morgan fingerprint density at radius 2 is 1.74 bits per heavy atom. The lowest BCUT2D eigenvalue weighted by molar-refractivity contribution is 0.105. The number of methoxy groups -OCH3 is 1. The highest BCUT2D eigenvalue weighted by Crippen LogP contribution is 2.25. The molecule has 0 atom stereocenters. The van der Waals surface area contributed by atoms with Gasteiger partial charge in [0.05, 0.1) is 12.8 Å². The molecule has 0 spiro atoms. The molecule has 1 aliphatic heterocycles. The number of carbonyl (C=O) groups is 1. The van der Waals surface area contributed by atoms with Gasteiger partial charge in [-0.05, 0) is 36.5 Å². The van der Waals surface area contributed by atoms with Crippen molar-refractivity contribution in [3.63, 3.8) is 0 Å². The second-order valence-electron chi connectivity index (χ2n) is 6.40. The predicted molar refractivity (Wildman–Crippen MR) is 107 cm³/mol. The quantitative estimate of drug-likeness (QED) is 0.670. The number of hydrogen-bond donors (Lipinski definition) is 0. The normalized spacial score (nSPS) is 14.9. The Balaban J connectivity index is 1.79. The molecule has 1 aliphatic rings. The Kier molecular flexibility index (Phi) is 6.69. The molecule has 2 aromatic carbocycles. The maximum absolute atomic E-state index is 12.8. The van der Waals surface area contributed by atoms with Gasteiger partial charge in [0, 0.05) is 6.54 Å². The van der Waals surface area contributed by atoms with Gasteiger partial charge in [0.1, 0.15) is 12.4 Å². The number of hydrogen-bond acceptors (Lipinski definition) is 3. The number of amides is 1. The van der Waals surface area contributed by atoms with E-state index in [0.717, 1.165) is 36.1 Å². The van der Waals surface area contributed by atoms with E-state index in [-0.39, 0.29) is 12.7 Å². The van der Waals surface area contributed by atoms with Crippen LogP contribution in [0.2, 0.25) is 0 Å². The zero-order chi connectivity index (χ0) is 18.9. The fraction of sp³-hybridized carbons (Fsp3) is 0.261. The van der Waals surface area contributed by atoms with Crippen LogP contribution in [0.15, 0.2) is 78.2 Å². The highest BCUT2D eigenvalue weighted by atomic mass is 16.6. The van der Waals surface area contributed by atoms with Gasteiger partial charge in [0.25, 0.3) is 0 Å². The van der Waals surface area contributed by atoms with Gasteiger partial charge in [0.15, 0.2) is 0 Å². The highest BCUT2D eigenvalue weighted by molar-refractivity contribution is 5.72. The molecule has 0 aromatic heterocycles. The number of ether oxygens (including phenoxy) is 2. The van der Waals surface area contributed by atoms with Crippen LogP contribution in [-0.4, -0.2) is 24.6 Å². The minimum absolute atomic E-state index is 0.258. The van der Waals surface area contributed by atoms with Crippen molar-refractivity contribution in [2.45, 2.75) is 25.9 Å². The van der Waals surface area contributed by atoms with E-state index in [0.29, 0.717) is 12.3 Å². The van der Waals surface area contributed by atoms with Crippen LogP contribution in [-0.2, 0) is 16.1 Å². The average Bonchev–Trinajstić information content (AvgIpc) is 2.98. The Morgan fingerprint density at radius 1 is 1.04 bits per heavy atom. The van der Waals surface area contributed by atoms with E-state index in [1.165, 1.54) is 0 Å². The van der Waals surface area contributed by atoms with Crippen LogP contribution in [0.3, 0.4) is 0 Å². The molecule has 0 bridgehead atoms. The molecule has 3 rings (SSSR count). The van der Waals surface area contributed by atoms with Gasteiger partial charge in [-0.2, -0.15) is 0 Å². The van der Waals surface area contributed by atoms with Crippen molar-refractivity contribution in [1.82, 2.24) is 4.90 Å². The van der Waals surface area contributed by atoms with Crippen LogP contribution in [0.4, 0.5) is 4.79 Å². The third-order valence-electron chi connectivity index (χ3n) is 4.46. The summed E-state index contributed by atoms with van der Waals surface area (Å²) in [5, 5.41) is 0. The zero-order valence-electron chi connectivity index (χ0n) is 15.6. The largest absolute Gasteiger partial charge is 0.495 e. The lowest BCUT2D eigenvalue weighted by Gasteiger charge is -2.24. The van der Waals surface area contributed by atoms with Crippen molar-refractivity contribution in [3.8, 4) is 0 Å². The first-order chi connectivity index (χ1) is 13.3. The smallest absolute Gasteiger partial charge is 0.414 e. The summed E-state index contributed by atoms with van der Waals surface area (Å²) in [4.78, 5) is 14.5. The molecular formula is C23H25NO3. The molecule has 0 saturated carbocycles. The van der Waals surface area contributed by atoms with Crippen LogP contribution < -0.4 is 0 Å². The molecule has 0 fully saturated rings. The average molecular weight is 363 g/mol. The maximum Gasteiger partial charge on any atom is 0.414 e. The molecule has 2 aromatic rings. The van der Waals surface area contributed by atoms with Gasteiger partial charge in [0.2, 0.25) is 0 Å². The summed E-state index contributed by atoms with van der Waals surface area (Å²) in [7, 11) is 1.63. The van der Waals surface area contributed by atoms with Gasteiger partial charge in [-0.15, -0.1) is 0 Å². The van der Waals surface area contributed by atoms with Crippen molar-refractivity contribution < 1.29 is 14.3 Å². The van der Waals surface area contributed by atoms with Crippen LogP contribution in [0.25, 0.3) is 6.08 Å². The van der Waals surface area contributed by atoms with Gasteiger partial charge in [-0.25, -0.2) is 4.79 Å². The summed E-state index contributed by atoms with van der Waals surface area (Å²) in [6.45, 7) is 0.878. The Bertz CT molecular complexity index is 797. The minimum atomic E-state index is -0.344. The van der Waals surface area contributed by atoms with Crippen molar-refractivity contribution >= 4 is 12.2 Å². The SMILES string of the molecule is CO/C(=C/c1ccccc1)C1=CCCCCN1C(=O)OCc1ccccc1. The van der Waals surface area contributed by atoms with Crippen LogP contribution in [0, 0.1) is 0 Å². The molecule has 27 heavy (non-hydrogen) atoms. The van der Waals surface area contributed by atoms with Gasteiger partial charge in [-0.1, -0.05) is 66.7 Å². The highest BCUT2D eigenvalue weighted by Gasteiger charge is 2.24. The molecular weight excluding hydrogens is 338 g/mol. The van der Waals surface area contributed by atoms with Crippen LogP contribution in [0.5, 0.6) is 0 Å². The molecule has 0 radical (unpaired) electrons. The lowest BCUT2D eigenvalue weighted by Crippen LogP contribution is -2.32. The number of allylic oxidation sites excluding steroid dienone is 1. The van der Waals surface area contributed by atoms with E-state index >= 15 is 0 Å². The molecule has 4 heteroatoms. The van der Waals surface area contributed by atoms with Gasteiger partial charge >= 0.3 is 6.09 Å². The second-order valence-corrected chi connectivity index (χ2v) is 6.40. The summed E-state index contributed by atoms with van der Waals surface area (Å²) in [5.74, 6) is 0.666. The first-order valence-electron chi connectivity index (χ1n) is 9.27. The Hall–Kier alpha value is -3.01. The Morgan fingerprint density at radius 3 is 2.44 bits per heavy atom. The van der Waals surface area contributed by atoms with Crippen LogP contribution in [0.1, 0.15) is 30.4 Å². The molecule has 0 saturated heterocycles. The van der Waals surface area contributed by atoms with Gasteiger partial charge < -0.3 is 9.47 Å². The number of carbonyl (C=O) groups excluding carboxylic acids is 1. The van der Waals surface area contributed by atoms with Crippen molar-refractivity contribution in [1.29, 1.82) is 0 Å². The first kappa shape index (κ1) is 18.8. The van der Waals surface area contributed by atoms with Crippen molar-refractivity contribution in [2.75, 3.05) is 13.7 Å². The molecule has 1 heterocycles. The van der Waals surface area contributed by atoms with Crippen LogP contribution >= 0.6 is 0 Å². The third kappa shape index (κ3) is 5.23. The van der Waals surface area contributed by atoms with E-state index in [4.69, 9.17) is 9.47 Å². The summed E-state index contributed by atoms with van der Waals surface area (Å²) < 4.78 is 11.2. The molecule has 0 aliphatic carbocycles. The molecule has 140 valence electrons. The summed E-state index contributed by atoms with van der Waals surface area (Å²) in [5.41, 5.74) is 2.77. The van der Waals surface area contributed by atoms with E-state index in [2.05, 4.69) is 6.08 Å². The fourth-order valence-corrected chi connectivity index (χ4v) is 3.04. The fourth-order valence-electron chi connectivity index (χ4n) is 3.04. The van der Waals surface area contributed by atoms with E-state index in [1.54, 1.807) is 12.0 Å². The molecule has 0 N–H and O–H groups in total. The summed E-state index contributed by atoms with van der Waals surface area (Å²) in [6, 6.07) is 19.7. The van der Waals surface area contributed by atoms with E-state index in [9.17, 15) is 4.79 Å². The molecule has 4 nitrogen and oxygen atoms in total. The first-order valence-corrected chi connectivity index (χ1v) is 9.27. The maximum atomic E-state index is 12.8.